The van der Waals surface area contributed by atoms with Crippen molar-refractivity contribution in [3.05, 3.63) is 58.3 Å². The van der Waals surface area contributed by atoms with E-state index in [2.05, 4.69) is 22.5 Å². The normalized spacial score (nSPS) is 10.8. The van der Waals surface area contributed by atoms with Crippen molar-refractivity contribution < 1.29 is 4.74 Å². The lowest BCUT2D eigenvalue weighted by atomic mass is 10.1. The summed E-state index contributed by atoms with van der Waals surface area (Å²) in [6, 6.07) is 14.1. The number of benzene rings is 1. The summed E-state index contributed by atoms with van der Waals surface area (Å²) in [6.45, 7) is 0.633. The molecule has 0 N–H and O–H groups in total. The number of nitrogens with zero attached hydrogens (tertiary/aromatic N) is 1. The molecule has 3 rings (SSSR count). The lowest BCUT2D eigenvalue weighted by Crippen LogP contribution is -2.02. The number of thiophene rings is 1. The summed E-state index contributed by atoms with van der Waals surface area (Å²) in [7, 11) is 0. The van der Waals surface area contributed by atoms with Gasteiger partial charge in [-0.05, 0) is 23.1 Å². The molecule has 2 aromatic heterocycles. The quantitative estimate of drug-likeness (QED) is 0.640. The van der Waals surface area contributed by atoms with Crippen LogP contribution < -0.4 is 4.74 Å². The molecule has 0 unspecified atom stereocenters. The molecule has 3 aromatic rings. The second-order valence-electron chi connectivity index (χ2n) is 4.45. The van der Waals surface area contributed by atoms with Crippen molar-refractivity contribution in [2.24, 2.45) is 0 Å². The van der Waals surface area contributed by atoms with E-state index >= 15 is 0 Å². The number of para-hydroxylation sites is 1. The van der Waals surface area contributed by atoms with Gasteiger partial charge in [0.25, 0.3) is 0 Å². The number of halogens is 1. The SMILES string of the molecule is ClCc1cc(OCCc2cccs2)nc2ccccc12. The maximum absolute atomic E-state index is 6.01. The second-order valence-corrected chi connectivity index (χ2v) is 5.75. The first-order valence-electron chi connectivity index (χ1n) is 6.46. The molecule has 0 aliphatic rings. The molecule has 0 spiro atoms. The molecule has 0 saturated heterocycles. The fraction of sp³-hybridized carbons (Fsp3) is 0.188. The van der Waals surface area contributed by atoms with Crippen molar-refractivity contribution in [3.63, 3.8) is 0 Å². The Morgan fingerprint density at radius 1 is 1.15 bits per heavy atom. The number of fused-ring (bicyclic) bond motifs is 1. The Bertz CT molecular complexity index is 697. The first-order chi connectivity index (χ1) is 9.86. The summed E-state index contributed by atoms with van der Waals surface area (Å²) in [4.78, 5) is 5.85. The molecule has 0 amide bonds. The van der Waals surface area contributed by atoms with Gasteiger partial charge in [-0.1, -0.05) is 24.3 Å². The van der Waals surface area contributed by atoms with Crippen molar-refractivity contribution >= 4 is 33.8 Å². The summed E-state index contributed by atoms with van der Waals surface area (Å²) in [5.74, 6) is 1.11. The fourth-order valence-corrected chi connectivity index (χ4v) is 3.03. The van der Waals surface area contributed by atoms with Crippen LogP contribution in [-0.2, 0) is 12.3 Å². The van der Waals surface area contributed by atoms with Gasteiger partial charge < -0.3 is 4.74 Å². The average Bonchev–Trinajstić information content (AvgIpc) is 2.99. The number of hydrogen-bond donors (Lipinski definition) is 0. The van der Waals surface area contributed by atoms with Crippen molar-refractivity contribution in [1.29, 1.82) is 0 Å². The first-order valence-corrected chi connectivity index (χ1v) is 7.88. The Kier molecular flexibility index (Phi) is 4.19. The molecule has 0 aliphatic carbocycles. The number of rotatable bonds is 5. The highest BCUT2D eigenvalue weighted by Crippen LogP contribution is 2.23. The predicted molar refractivity (Wildman–Crippen MR) is 84.8 cm³/mol. The highest BCUT2D eigenvalue weighted by Gasteiger charge is 2.05. The molecule has 0 atom stereocenters. The van der Waals surface area contributed by atoms with E-state index in [0.29, 0.717) is 18.4 Å². The minimum atomic E-state index is 0.463. The number of hydrogen-bond acceptors (Lipinski definition) is 3. The van der Waals surface area contributed by atoms with E-state index in [1.54, 1.807) is 11.3 Å². The van der Waals surface area contributed by atoms with Crippen molar-refractivity contribution in [2.45, 2.75) is 12.3 Å². The van der Waals surface area contributed by atoms with Gasteiger partial charge in [0.15, 0.2) is 0 Å². The van der Waals surface area contributed by atoms with Crippen LogP contribution in [0.15, 0.2) is 47.8 Å². The molecule has 0 fully saturated rings. The summed E-state index contributed by atoms with van der Waals surface area (Å²) in [5.41, 5.74) is 1.99. The van der Waals surface area contributed by atoms with Crippen LogP contribution in [0.25, 0.3) is 10.9 Å². The molecule has 0 radical (unpaired) electrons. The highest BCUT2D eigenvalue weighted by molar-refractivity contribution is 7.09. The van der Waals surface area contributed by atoms with E-state index < -0.39 is 0 Å². The second kappa shape index (κ2) is 6.25. The smallest absolute Gasteiger partial charge is 0.214 e. The van der Waals surface area contributed by atoms with Gasteiger partial charge in [0, 0.05) is 28.6 Å². The average molecular weight is 304 g/mol. The van der Waals surface area contributed by atoms with Crippen LogP contribution in [0.4, 0.5) is 0 Å². The summed E-state index contributed by atoms with van der Waals surface area (Å²) in [6.07, 6.45) is 0.905. The molecule has 2 nitrogen and oxygen atoms in total. The third kappa shape index (κ3) is 2.94. The van der Waals surface area contributed by atoms with Crippen LogP contribution in [0, 0.1) is 0 Å². The number of alkyl halides is 1. The van der Waals surface area contributed by atoms with Gasteiger partial charge in [-0.2, -0.15) is 0 Å². The summed E-state index contributed by atoms with van der Waals surface area (Å²) in [5, 5.41) is 3.17. The Morgan fingerprint density at radius 2 is 2.05 bits per heavy atom. The lowest BCUT2D eigenvalue weighted by molar-refractivity contribution is 0.311. The van der Waals surface area contributed by atoms with Crippen LogP contribution in [0.2, 0.25) is 0 Å². The maximum Gasteiger partial charge on any atom is 0.214 e. The number of aromatic nitrogens is 1. The Hall–Kier alpha value is -1.58. The molecule has 102 valence electrons. The van der Waals surface area contributed by atoms with Gasteiger partial charge in [-0.3, -0.25) is 0 Å². The molecule has 2 heterocycles. The zero-order valence-corrected chi connectivity index (χ0v) is 12.5. The van der Waals surface area contributed by atoms with Crippen LogP contribution in [0.5, 0.6) is 5.88 Å². The third-order valence-electron chi connectivity index (χ3n) is 3.10. The van der Waals surface area contributed by atoms with Crippen molar-refractivity contribution in [2.75, 3.05) is 6.61 Å². The van der Waals surface area contributed by atoms with Gasteiger partial charge in [-0.25, -0.2) is 4.98 Å². The van der Waals surface area contributed by atoms with Crippen molar-refractivity contribution in [1.82, 2.24) is 4.98 Å². The van der Waals surface area contributed by atoms with Gasteiger partial charge in [-0.15, -0.1) is 22.9 Å². The Labute approximate surface area is 127 Å². The zero-order chi connectivity index (χ0) is 13.8. The van der Waals surface area contributed by atoms with E-state index in [0.717, 1.165) is 22.9 Å². The highest BCUT2D eigenvalue weighted by atomic mass is 35.5. The van der Waals surface area contributed by atoms with Crippen LogP contribution in [0.3, 0.4) is 0 Å². The third-order valence-corrected chi connectivity index (χ3v) is 4.32. The molecular formula is C16H14ClNOS. The standard InChI is InChI=1S/C16H14ClNOS/c17-11-12-10-16(18-15-6-2-1-5-14(12)15)19-8-7-13-4-3-9-20-13/h1-6,9-10H,7-8,11H2. The van der Waals surface area contributed by atoms with E-state index in [1.807, 2.05) is 30.3 Å². The fourth-order valence-electron chi connectivity index (χ4n) is 2.12. The minimum Gasteiger partial charge on any atom is -0.477 e. The molecule has 1 aromatic carbocycles. The van der Waals surface area contributed by atoms with Gasteiger partial charge in [0.1, 0.15) is 0 Å². The topological polar surface area (TPSA) is 22.1 Å². The van der Waals surface area contributed by atoms with E-state index in [1.165, 1.54) is 4.88 Å². The Morgan fingerprint density at radius 3 is 2.85 bits per heavy atom. The van der Waals surface area contributed by atoms with Gasteiger partial charge >= 0.3 is 0 Å². The molecule has 4 heteroatoms. The number of ether oxygens (including phenoxy) is 1. The first kappa shape index (κ1) is 13.4. The minimum absolute atomic E-state index is 0.463. The van der Waals surface area contributed by atoms with Crippen molar-refractivity contribution in [3.8, 4) is 5.88 Å². The zero-order valence-electron chi connectivity index (χ0n) is 10.9. The summed E-state index contributed by atoms with van der Waals surface area (Å²) >= 11 is 7.76. The van der Waals surface area contributed by atoms with E-state index in [4.69, 9.17) is 16.3 Å². The van der Waals surface area contributed by atoms with Crippen LogP contribution in [-0.4, -0.2) is 11.6 Å². The molecule has 20 heavy (non-hydrogen) atoms. The number of pyridine rings is 1. The lowest BCUT2D eigenvalue weighted by Gasteiger charge is -2.08. The molecular weight excluding hydrogens is 290 g/mol. The monoisotopic (exact) mass is 303 g/mol. The Balaban J connectivity index is 1.77. The van der Waals surface area contributed by atoms with Crippen LogP contribution in [0.1, 0.15) is 10.4 Å². The molecule has 0 saturated carbocycles. The largest absolute Gasteiger partial charge is 0.477 e. The summed E-state index contributed by atoms with van der Waals surface area (Å²) < 4.78 is 5.77. The van der Waals surface area contributed by atoms with Gasteiger partial charge in [0.05, 0.1) is 12.1 Å². The molecule has 0 aliphatic heterocycles. The van der Waals surface area contributed by atoms with Gasteiger partial charge in [0.2, 0.25) is 5.88 Å². The maximum atomic E-state index is 6.01. The van der Waals surface area contributed by atoms with E-state index in [9.17, 15) is 0 Å². The predicted octanol–water partition coefficient (Wildman–Crippen LogP) is 4.66. The van der Waals surface area contributed by atoms with E-state index in [-0.39, 0.29) is 0 Å². The molecule has 0 bridgehead atoms. The van der Waals surface area contributed by atoms with Crippen LogP contribution >= 0.6 is 22.9 Å².